The molecule has 154 valence electrons. The monoisotopic (exact) mass is 440 g/mol. The van der Waals surface area contributed by atoms with Crippen LogP contribution in [0.3, 0.4) is 0 Å². The number of carbonyl (C=O) groups is 1. The summed E-state index contributed by atoms with van der Waals surface area (Å²) in [6.07, 6.45) is 3.83. The number of nitrogens with zero attached hydrogens (tertiary/aromatic N) is 2. The Kier molecular flexibility index (Phi) is 5.31. The van der Waals surface area contributed by atoms with Crippen molar-refractivity contribution in [1.82, 2.24) is 9.38 Å². The van der Waals surface area contributed by atoms with E-state index in [1.165, 1.54) is 23.5 Å². The quantitative estimate of drug-likeness (QED) is 0.463. The number of hydrogen-bond donors (Lipinski definition) is 2. The van der Waals surface area contributed by atoms with E-state index in [2.05, 4.69) is 15.0 Å². The van der Waals surface area contributed by atoms with Crippen molar-refractivity contribution in [2.24, 2.45) is 5.92 Å². The maximum Gasteiger partial charge on any atom is 0.261 e. The zero-order valence-corrected chi connectivity index (χ0v) is 18.0. The third kappa shape index (κ3) is 4.22. The number of sulfonamides is 1. The SMILES string of the molecule is CC(C)C(=O)Nc1ccc(S(=O)(=O)Nc2cccc(-c3cn4ccsc4n3)c2)cc1. The summed E-state index contributed by atoms with van der Waals surface area (Å²) in [6, 6.07) is 13.2. The summed E-state index contributed by atoms with van der Waals surface area (Å²) in [5.41, 5.74) is 2.58. The first-order valence-electron chi connectivity index (χ1n) is 9.28. The average Bonchev–Trinajstić information content (AvgIpc) is 3.30. The van der Waals surface area contributed by atoms with Crippen LogP contribution in [0.25, 0.3) is 16.2 Å². The van der Waals surface area contributed by atoms with Crippen LogP contribution in [0.2, 0.25) is 0 Å². The number of nitrogens with one attached hydrogen (secondary N) is 2. The third-order valence-electron chi connectivity index (χ3n) is 4.46. The largest absolute Gasteiger partial charge is 0.326 e. The van der Waals surface area contributed by atoms with E-state index in [1.54, 1.807) is 44.2 Å². The minimum atomic E-state index is -3.77. The predicted molar refractivity (Wildman–Crippen MR) is 119 cm³/mol. The number of fused-ring (bicyclic) bond motifs is 1. The molecule has 0 atom stereocenters. The van der Waals surface area contributed by atoms with Gasteiger partial charge in [-0.15, -0.1) is 11.3 Å². The molecule has 7 nitrogen and oxygen atoms in total. The number of thiazole rings is 1. The molecule has 0 fully saturated rings. The molecule has 0 aliphatic carbocycles. The van der Waals surface area contributed by atoms with Gasteiger partial charge in [-0.05, 0) is 36.4 Å². The molecule has 0 aliphatic heterocycles. The molecule has 2 N–H and O–H groups in total. The molecular formula is C21H20N4O3S2. The van der Waals surface area contributed by atoms with E-state index in [0.29, 0.717) is 11.4 Å². The first-order chi connectivity index (χ1) is 14.3. The molecule has 0 unspecified atom stereocenters. The van der Waals surface area contributed by atoms with Crippen LogP contribution in [-0.2, 0) is 14.8 Å². The summed E-state index contributed by atoms with van der Waals surface area (Å²) >= 11 is 1.53. The number of aromatic nitrogens is 2. The van der Waals surface area contributed by atoms with Crippen LogP contribution in [0.5, 0.6) is 0 Å². The second-order valence-electron chi connectivity index (χ2n) is 7.07. The summed E-state index contributed by atoms with van der Waals surface area (Å²) in [4.78, 5) is 17.3. The molecule has 30 heavy (non-hydrogen) atoms. The molecule has 0 saturated heterocycles. The molecule has 1 amide bonds. The van der Waals surface area contributed by atoms with Gasteiger partial charge in [0.15, 0.2) is 4.96 Å². The maximum atomic E-state index is 12.8. The van der Waals surface area contributed by atoms with Gasteiger partial charge in [0.25, 0.3) is 10.0 Å². The van der Waals surface area contributed by atoms with Crippen molar-refractivity contribution in [3.05, 3.63) is 66.3 Å². The minimum Gasteiger partial charge on any atom is -0.326 e. The lowest BCUT2D eigenvalue weighted by atomic mass is 10.1. The summed E-state index contributed by atoms with van der Waals surface area (Å²) < 4.78 is 30.1. The van der Waals surface area contributed by atoms with Crippen molar-refractivity contribution >= 4 is 43.6 Å². The predicted octanol–water partition coefficient (Wildman–Crippen LogP) is 4.46. The van der Waals surface area contributed by atoms with Gasteiger partial charge in [-0.1, -0.05) is 26.0 Å². The number of hydrogen-bond acceptors (Lipinski definition) is 5. The number of rotatable bonds is 6. The number of amides is 1. The second-order valence-corrected chi connectivity index (χ2v) is 9.63. The highest BCUT2D eigenvalue weighted by Crippen LogP contribution is 2.25. The minimum absolute atomic E-state index is 0.109. The smallest absolute Gasteiger partial charge is 0.261 e. The highest BCUT2D eigenvalue weighted by molar-refractivity contribution is 7.92. The molecule has 0 spiro atoms. The molecule has 0 bridgehead atoms. The number of imidazole rings is 1. The van der Waals surface area contributed by atoms with E-state index in [1.807, 2.05) is 28.2 Å². The lowest BCUT2D eigenvalue weighted by Crippen LogP contribution is -2.18. The van der Waals surface area contributed by atoms with E-state index >= 15 is 0 Å². The number of benzene rings is 2. The lowest BCUT2D eigenvalue weighted by Gasteiger charge is -2.11. The molecule has 0 saturated carbocycles. The molecule has 2 aromatic carbocycles. The Hall–Kier alpha value is -3.17. The zero-order valence-electron chi connectivity index (χ0n) is 16.4. The molecular weight excluding hydrogens is 420 g/mol. The first-order valence-corrected chi connectivity index (χ1v) is 11.6. The van der Waals surface area contributed by atoms with Gasteiger partial charge in [0.1, 0.15) is 0 Å². The lowest BCUT2D eigenvalue weighted by molar-refractivity contribution is -0.118. The third-order valence-corrected chi connectivity index (χ3v) is 6.63. The molecule has 4 rings (SSSR count). The molecule has 2 heterocycles. The zero-order chi connectivity index (χ0) is 21.3. The van der Waals surface area contributed by atoms with Gasteiger partial charge in [0, 0.05) is 40.6 Å². The van der Waals surface area contributed by atoms with Gasteiger partial charge < -0.3 is 5.32 Å². The van der Waals surface area contributed by atoms with Gasteiger partial charge in [0.2, 0.25) is 5.91 Å². The Morgan fingerprint density at radius 1 is 1.10 bits per heavy atom. The normalized spacial score (nSPS) is 11.7. The summed E-state index contributed by atoms with van der Waals surface area (Å²) in [5.74, 6) is -0.284. The second kappa shape index (κ2) is 7.92. The van der Waals surface area contributed by atoms with Crippen LogP contribution in [0.4, 0.5) is 11.4 Å². The highest BCUT2D eigenvalue weighted by atomic mass is 32.2. The number of anilines is 2. The van der Waals surface area contributed by atoms with Crippen molar-refractivity contribution in [3.8, 4) is 11.3 Å². The number of carbonyl (C=O) groups excluding carboxylic acids is 1. The topological polar surface area (TPSA) is 92.6 Å². The summed E-state index contributed by atoms with van der Waals surface area (Å²) in [5, 5.41) is 4.70. The van der Waals surface area contributed by atoms with Crippen LogP contribution in [0.1, 0.15) is 13.8 Å². The van der Waals surface area contributed by atoms with Crippen LogP contribution in [0, 0.1) is 5.92 Å². The fourth-order valence-corrected chi connectivity index (χ4v) is 4.58. The van der Waals surface area contributed by atoms with E-state index in [9.17, 15) is 13.2 Å². The highest BCUT2D eigenvalue weighted by Gasteiger charge is 2.16. The van der Waals surface area contributed by atoms with E-state index in [-0.39, 0.29) is 16.7 Å². The van der Waals surface area contributed by atoms with Crippen molar-refractivity contribution in [2.75, 3.05) is 10.0 Å². The summed E-state index contributed by atoms with van der Waals surface area (Å²) in [6.45, 7) is 3.58. The van der Waals surface area contributed by atoms with Gasteiger partial charge >= 0.3 is 0 Å². The Balaban J connectivity index is 1.53. The Bertz CT molecular complexity index is 1280. The maximum absolute atomic E-state index is 12.8. The van der Waals surface area contributed by atoms with E-state index < -0.39 is 10.0 Å². The fraction of sp³-hybridized carbons (Fsp3) is 0.143. The van der Waals surface area contributed by atoms with Crippen LogP contribution >= 0.6 is 11.3 Å². The van der Waals surface area contributed by atoms with Gasteiger partial charge in [0.05, 0.1) is 10.6 Å². The van der Waals surface area contributed by atoms with Crippen molar-refractivity contribution < 1.29 is 13.2 Å². The Morgan fingerprint density at radius 3 is 2.57 bits per heavy atom. The Morgan fingerprint density at radius 2 is 1.87 bits per heavy atom. The molecule has 2 aromatic heterocycles. The van der Waals surface area contributed by atoms with Crippen LogP contribution in [-0.4, -0.2) is 23.7 Å². The van der Waals surface area contributed by atoms with Crippen LogP contribution in [0.15, 0.2) is 71.2 Å². The Labute approximate surface area is 178 Å². The fourth-order valence-electron chi connectivity index (χ4n) is 2.83. The van der Waals surface area contributed by atoms with Gasteiger partial charge in [-0.2, -0.15) is 0 Å². The molecule has 0 aliphatic rings. The molecule has 9 heteroatoms. The average molecular weight is 441 g/mol. The van der Waals surface area contributed by atoms with Crippen molar-refractivity contribution in [2.45, 2.75) is 18.7 Å². The van der Waals surface area contributed by atoms with E-state index in [0.717, 1.165) is 16.2 Å². The van der Waals surface area contributed by atoms with Crippen molar-refractivity contribution in [3.63, 3.8) is 0 Å². The van der Waals surface area contributed by atoms with Gasteiger partial charge in [-0.25, -0.2) is 13.4 Å². The van der Waals surface area contributed by atoms with E-state index in [4.69, 9.17) is 0 Å². The van der Waals surface area contributed by atoms with Gasteiger partial charge in [-0.3, -0.25) is 13.9 Å². The standard InChI is InChI=1S/C21H20N4O3S2/c1-14(2)20(26)22-16-6-8-18(9-7-16)30(27,28)24-17-5-3-4-15(12-17)19-13-25-10-11-29-21(25)23-19/h3-14,24H,1-2H3,(H,22,26). The first kappa shape index (κ1) is 20.1. The molecule has 4 aromatic rings. The summed E-state index contributed by atoms with van der Waals surface area (Å²) in [7, 11) is -3.77. The van der Waals surface area contributed by atoms with Crippen molar-refractivity contribution in [1.29, 1.82) is 0 Å². The molecule has 0 radical (unpaired) electrons. The van der Waals surface area contributed by atoms with Crippen LogP contribution < -0.4 is 10.0 Å².